The number of nitrogens with one attached hydrogen (secondary N) is 1. The maximum Gasteiger partial charge on any atom is 0.220 e. The first-order valence-corrected chi connectivity index (χ1v) is 32.1. The lowest BCUT2D eigenvalue weighted by Gasteiger charge is -2.20. The van der Waals surface area contributed by atoms with Crippen molar-refractivity contribution in [2.75, 3.05) is 6.61 Å². The Morgan fingerprint density at radius 3 is 0.797 bits per heavy atom. The van der Waals surface area contributed by atoms with Crippen molar-refractivity contribution in [1.82, 2.24) is 5.32 Å². The second kappa shape index (κ2) is 61.2. The molecule has 0 spiro atoms. The smallest absolute Gasteiger partial charge is 0.220 e. The molecule has 0 aliphatic heterocycles. The highest BCUT2D eigenvalue weighted by Crippen LogP contribution is 2.18. The van der Waals surface area contributed by atoms with Gasteiger partial charge >= 0.3 is 0 Å². The van der Waals surface area contributed by atoms with E-state index in [9.17, 15) is 15.0 Å². The second-order valence-electron chi connectivity index (χ2n) is 22.2. The van der Waals surface area contributed by atoms with Crippen molar-refractivity contribution in [3.8, 4) is 0 Å². The molecule has 0 heterocycles. The van der Waals surface area contributed by atoms with E-state index in [-0.39, 0.29) is 12.5 Å². The van der Waals surface area contributed by atoms with E-state index in [1.165, 1.54) is 321 Å². The number of rotatable bonds is 60. The molecule has 0 aliphatic carbocycles. The van der Waals surface area contributed by atoms with Crippen LogP contribution in [0.25, 0.3) is 0 Å². The lowest BCUT2D eigenvalue weighted by Crippen LogP contribution is -2.45. The molecule has 0 fully saturated rings. The summed E-state index contributed by atoms with van der Waals surface area (Å²) in [6.45, 7) is 4.36. The van der Waals surface area contributed by atoms with Crippen LogP contribution in [0, 0.1) is 0 Å². The van der Waals surface area contributed by atoms with Crippen LogP contribution in [0.15, 0.2) is 24.3 Å². The zero-order valence-electron chi connectivity index (χ0n) is 47.4. The average molecular weight is 971 g/mol. The number of unbranched alkanes of at least 4 members (excludes halogenated alkanes) is 51. The maximum absolute atomic E-state index is 12.5. The van der Waals surface area contributed by atoms with Gasteiger partial charge in [-0.2, -0.15) is 0 Å². The first-order valence-electron chi connectivity index (χ1n) is 32.1. The highest BCUT2D eigenvalue weighted by atomic mass is 16.3. The van der Waals surface area contributed by atoms with E-state index in [0.29, 0.717) is 6.42 Å². The van der Waals surface area contributed by atoms with Gasteiger partial charge in [-0.15, -0.1) is 0 Å². The minimum Gasteiger partial charge on any atom is -0.394 e. The molecule has 0 saturated heterocycles. The summed E-state index contributed by atoms with van der Waals surface area (Å²) in [5, 5.41) is 23.3. The average Bonchev–Trinajstić information content (AvgIpc) is 3.35. The molecule has 0 bridgehead atoms. The van der Waals surface area contributed by atoms with E-state index in [4.69, 9.17) is 0 Å². The van der Waals surface area contributed by atoms with Crippen LogP contribution in [0.3, 0.4) is 0 Å². The van der Waals surface area contributed by atoms with Gasteiger partial charge in [0.1, 0.15) is 0 Å². The number of aliphatic hydroxyl groups is 2. The number of hydrogen-bond donors (Lipinski definition) is 3. The first-order chi connectivity index (χ1) is 34.2. The van der Waals surface area contributed by atoms with Crippen LogP contribution in [0.4, 0.5) is 0 Å². The molecule has 2 atom stereocenters. The quantitative estimate of drug-likeness (QED) is 0.0420. The summed E-state index contributed by atoms with van der Waals surface area (Å²) in [5.41, 5.74) is 0. The summed E-state index contributed by atoms with van der Waals surface area (Å²) in [4.78, 5) is 12.5. The van der Waals surface area contributed by atoms with Crippen molar-refractivity contribution in [3.63, 3.8) is 0 Å². The molecule has 0 aliphatic rings. The molecule has 3 N–H and O–H groups in total. The van der Waals surface area contributed by atoms with Crippen molar-refractivity contribution >= 4 is 5.91 Å². The lowest BCUT2D eigenvalue weighted by atomic mass is 10.0. The van der Waals surface area contributed by atoms with Gasteiger partial charge in [-0.1, -0.05) is 340 Å². The van der Waals surface area contributed by atoms with Gasteiger partial charge in [0.2, 0.25) is 5.91 Å². The minimum atomic E-state index is -0.838. The van der Waals surface area contributed by atoms with Crippen LogP contribution >= 0.6 is 0 Å². The van der Waals surface area contributed by atoms with E-state index in [1.807, 2.05) is 6.08 Å². The van der Waals surface area contributed by atoms with Crippen LogP contribution < -0.4 is 5.32 Å². The molecule has 2 unspecified atom stereocenters. The highest BCUT2D eigenvalue weighted by molar-refractivity contribution is 5.76. The summed E-state index contributed by atoms with van der Waals surface area (Å²) in [6.07, 6.45) is 82.4. The van der Waals surface area contributed by atoms with Crippen molar-refractivity contribution in [2.24, 2.45) is 0 Å². The van der Waals surface area contributed by atoms with Gasteiger partial charge in [0.25, 0.3) is 0 Å². The summed E-state index contributed by atoms with van der Waals surface area (Å²) >= 11 is 0. The molecule has 0 rings (SSSR count). The van der Waals surface area contributed by atoms with Gasteiger partial charge in [0.15, 0.2) is 0 Å². The molecule has 4 heteroatoms. The van der Waals surface area contributed by atoms with Crippen LogP contribution in [0.5, 0.6) is 0 Å². The van der Waals surface area contributed by atoms with E-state index in [2.05, 4.69) is 31.3 Å². The van der Waals surface area contributed by atoms with Crippen molar-refractivity contribution in [2.45, 2.75) is 379 Å². The molecule has 0 radical (unpaired) electrons. The first kappa shape index (κ1) is 67.9. The van der Waals surface area contributed by atoms with E-state index < -0.39 is 12.1 Å². The minimum absolute atomic E-state index is 0.0556. The third kappa shape index (κ3) is 57.6. The Kier molecular flexibility index (Phi) is 60.2. The third-order valence-corrected chi connectivity index (χ3v) is 15.2. The predicted octanol–water partition coefficient (Wildman–Crippen LogP) is 21.4. The SMILES string of the molecule is CCCCCCCCCC/C=C\CCCCCCCCCCCCCCCCCCCCCC(=O)NC(CO)C(O)/C=C/CCCCCCCCCCCCCCCCCCCCCCCCCC. The molecule has 4 nitrogen and oxygen atoms in total. The van der Waals surface area contributed by atoms with Crippen LogP contribution in [-0.4, -0.2) is 34.9 Å². The van der Waals surface area contributed by atoms with E-state index in [1.54, 1.807) is 6.08 Å². The Hall–Kier alpha value is -1.13. The van der Waals surface area contributed by atoms with E-state index in [0.717, 1.165) is 25.7 Å². The highest BCUT2D eigenvalue weighted by Gasteiger charge is 2.18. The molecule has 0 aromatic carbocycles. The van der Waals surface area contributed by atoms with Crippen LogP contribution in [0.1, 0.15) is 367 Å². The zero-order chi connectivity index (χ0) is 49.9. The predicted molar refractivity (Wildman–Crippen MR) is 309 cm³/mol. The maximum atomic E-state index is 12.5. The Bertz CT molecular complexity index is 1010. The van der Waals surface area contributed by atoms with Gasteiger partial charge < -0.3 is 15.5 Å². The van der Waals surface area contributed by atoms with Gasteiger partial charge in [-0.3, -0.25) is 4.79 Å². The molecule has 1 amide bonds. The molecule has 0 aromatic rings. The Labute approximate surface area is 434 Å². The number of hydrogen-bond acceptors (Lipinski definition) is 3. The topological polar surface area (TPSA) is 69.6 Å². The van der Waals surface area contributed by atoms with Crippen LogP contribution in [-0.2, 0) is 4.79 Å². The fourth-order valence-electron chi connectivity index (χ4n) is 10.3. The summed E-state index contributed by atoms with van der Waals surface area (Å²) < 4.78 is 0. The molecule has 0 saturated carbocycles. The van der Waals surface area contributed by atoms with Gasteiger partial charge in [-0.05, 0) is 44.9 Å². The molecule has 410 valence electrons. The summed E-state index contributed by atoms with van der Waals surface area (Å²) in [6, 6.07) is -0.621. The van der Waals surface area contributed by atoms with Crippen LogP contribution in [0.2, 0.25) is 0 Å². The van der Waals surface area contributed by atoms with E-state index >= 15 is 0 Å². The van der Waals surface area contributed by atoms with Gasteiger partial charge in [0, 0.05) is 6.42 Å². The molecular formula is C65H127NO3. The fourth-order valence-corrected chi connectivity index (χ4v) is 10.3. The summed E-state index contributed by atoms with van der Waals surface area (Å²) in [7, 11) is 0. The second-order valence-corrected chi connectivity index (χ2v) is 22.2. The summed E-state index contributed by atoms with van der Waals surface area (Å²) in [5.74, 6) is -0.0556. The van der Waals surface area contributed by atoms with Crippen molar-refractivity contribution in [3.05, 3.63) is 24.3 Å². The Morgan fingerprint density at radius 2 is 0.551 bits per heavy atom. The third-order valence-electron chi connectivity index (χ3n) is 15.2. The Balaban J connectivity index is 3.43. The molecule has 69 heavy (non-hydrogen) atoms. The Morgan fingerprint density at radius 1 is 0.333 bits per heavy atom. The monoisotopic (exact) mass is 970 g/mol. The van der Waals surface area contributed by atoms with Gasteiger partial charge in [0.05, 0.1) is 18.8 Å². The number of carbonyl (C=O) groups is 1. The van der Waals surface area contributed by atoms with Crippen molar-refractivity contribution < 1.29 is 15.0 Å². The van der Waals surface area contributed by atoms with Gasteiger partial charge in [-0.25, -0.2) is 0 Å². The normalized spacial score (nSPS) is 12.8. The largest absolute Gasteiger partial charge is 0.394 e. The van der Waals surface area contributed by atoms with Crippen molar-refractivity contribution in [1.29, 1.82) is 0 Å². The molecule has 0 aromatic heterocycles. The number of carbonyl (C=O) groups excluding carboxylic acids is 1. The number of aliphatic hydroxyl groups excluding tert-OH is 2. The lowest BCUT2D eigenvalue weighted by molar-refractivity contribution is -0.123. The number of allylic oxidation sites excluding steroid dienone is 3. The standard InChI is InChI=1S/C65H127NO3/c1-3-5-7-9-11-13-15-17-19-21-23-25-27-29-31-32-33-34-35-37-39-41-43-45-47-49-51-53-55-57-59-61-65(69)66-63(62-67)64(68)60-58-56-54-52-50-48-46-44-42-40-38-36-30-28-26-24-22-20-18-16-14-12-10-8-6-4-2/h21,23,58,60,63-64,67-68H,3-20,22,24-57,59,61-62H2,1-2H3,(H,66,69)/b23-21-,60-58+. The zero-order valence-corrected chi connectivity index (χ0v) is 47.4. The fraction of sp³-hybridized carbons (Fsp3) is 0.923. The molecular weight excluding hydrogens is 843 g/mol. The number of amides is 1.